The van der Waals surface area contributed by atoms with Gasteiger partial charge in [-0.2, -0.15) is 5.26 Å². The molecule has 1 aromatic carbocycles. The van der Waals surface area contributed by atoms with Crippen LogP contribution in [0.1, 0.15) is 24.0 Å². The second-order valence-electron chi connectivity index (χ2n) is 3.53. The summed E-state index contributed by atoms with van der Waals surface area (Å²) in [6, 6.07) is 6.06. The van der Waals surface area contributed by atoms with Gasteiger partial charge in [0.15, 0.2) is 0 Å². The second-order valence-corrected chi connectivity index (χ2v) is 4.44. The van der Waals surface area contributed by atoms with E-state index < -0.39 is 0 Å². The van der Waals surface area contributed by atoms with E-state index in [2.05, 4.69) is 22.0 Å². The summed E-state index contributed by atoms with van der Waals surface area (Å²) < 4.78 is 6.67. The molecular weight excluding hydrogens is 268 g/mol. The summed E-state index contributed by atoms with van der Waals surface area (Å²) in [5, 5.41) is 8.42. The fraction of sp³-hybridized carbons (Fsp3) is 0.417. The highest BCUT2D eigenvalue weighted by Crippen LogP contribution is 2.27. The molecule has 0 aromatic heterocycles. The zero-order chi connectivity index (χ0) is 12.0. The predicted octanol–water partition coefficient (Wildman–Crippen LogP) is 2.90. The van der Waals surface area contributed by atoms with Crippen LogP contribution in [0.2, 0.25) is 0 Å². The summed E-state index contributed by atoms with van der Waals surface area (Å²) in [7, 11) is 0. The number of hydrogen-bond acceptors (Lipinski definition) is 3. The van der Waals surface area contributed by atoms with E-state index in [1.165, 1.54) is 0 Å². The summed E-state index contributed by atoms with van der Waals surface area (Å²) in [5.41, 5.74) is 7.72. The molecule has 0 aliphatic rings. The van der Waals surface area contributed by atoms with Crippen LogP contribution < -0.4 is 10.5 Å². The van der Waals surface area contributed by atoms with Crippen molar-refractivity contribution in [2.45, 2.75) is 26.3 Å². The first-order valence-electron chi connectivity index (χ1n) is 5.18. The normalized spacial score (nSPS) is 9.88. The first kappa shape index (κ1) is 13.0. The van der Waals surface area contributed by atoms with Crippen LogP contribution in [0.5, 0.6) is 5.75 Å². The van der Waals surface area contributed by atoms with Gasteiger partial charge < -0.3 is 10.5 Å². The van der Waals surface area contributed by atoms with Crippen molar-refractivity contribution in [2.24, 2.45) is 5.73 Å². The lowest BCUT2D eigenvalue weighted by molar-refractivity contribution is 0.307. The Bertz CT molecular complexity index is 399. The van der Waals surface area contributed by atoms with Gasteiger partial charge in [-0.25, -0.2) is 0 Å². The minimum atomic E-state index is 0.452. The molecule has 1 aromatic rings. The van der Waals surface area contributed by atoms with Crippen LogP contribution in [0.25, 0.3) is 0 Å². The van der Waals surface area contributed by atoms with E-state index in [1.54, 1.807) is 0 Å². The van der Waals surface area contributed by atoms with E-state index in [0.717, 1.165) is 27.8 Å². The zero-order valence-corrected chi connectivity index (χ0v) is 10.9. The van der Waals surface area contributed by atoms with Crippen LogP contribution in [0.4, 0.5) is 0 Å². The molecule has 86 valence electrons. The minimum absolute atomic E-state index is 0.452. The maximum atomic E-state index is 8.42. The van der Waals surface area contributed by atoms with Crippen molar-refractivity contribution in [1.82, 2.24) is 0 Å². The molecule has 0 aliphatic heterocycles. The molecule has 0 heterocycles. The third-order valence-corrected chi connectivity index (χ3v) is 2.67. The Hall–Kier alpha value is -1.05. The fourth-order valence-corrected chi connectivity index (χ4v) is 2.10. The minimum Gasteiger partial charge on any atom is -0.493 e. The Morgan fingerprint density at radius 1 is 1.50 bits per heavy atom. The van der Waals surface area contributed by atoms with Crippen LogP contribution >= 0.6 is 15.9 Å². The van der Waals surface area contributed by atoms with Gasteiger partial charge in [0.25, 0.3) is 0 Å². The standard InChI is InChI=1S/C12H15BrN2O/c1-9-6-11(13)7-10(8-15)12(9)16-5-3-2-4-14/h6-7H,2-3,5,8,15H2,1H3. The molecule has 0 radical (unpaired) electrons. The third-order valence-electron chi connectivity index (χ3n) is 2.22. The molecule has 3 nitrogen and oxygen atoms in total. The Morgan fingerprint density at radius 3 is 2.88 bits per heavy atom. The predicted molar refractivity (Wildman–Crippen MR) is 67.1 cm³/mol. The van der Waals surface area contributed by atoms with Gasteiger partial charge in [-0.15, -0.1) is 0 Å². The maximum absolute atomic E-state index is 8.42. The molecule has 0 unspecified atom stereocenters. The Balaban J connectivity index is 2.74. The molecule has 16 heavy (non-hydrogen) atoms. The molecule has 0 fully saturated rings. The molecule has 4 heteroatoms. The molecule has 0 spiro atoms. The van der Waals surface area contributed by atoms with E-state index in [9.17, 15) is 0 Å². The quantitative estimate of drug-likeness (QED) is 0.845. The Morgan fingerprint density at radius 2 is 2.25 bits per heavy atom. The summed E-state index contributed by atoms with van der Waals surface area (Å²) in [5.74, 6) is 0.851. The van der Waals surface area contributed by atoms with Crippen molar-refractivity contribution in [1.29, 1.82) is 5.26 Å². The number of halogens is 1. The highest BCUT2D eigenvalue weighted by molar-refractivity contribution is 9.10. The monoisotopic (exact) mass is 282 g/mol. The molecule has 0 bridgehead atoms. The molecule has 0 aliphatic carbocycles. The number of unbranched alkanes of at least 4 members (excludes halogenated alkanes) is 1. The first-order chi connectivity index (χ1) is 7.69. The maximum Gasteiger partial charge on any atom is 0.126 e. The number of benzene rings is 1. The van der Waals surface area contributed by atoms with Gasteiger partial charge in [0.2, 0.25) is 0 Å². The van der Waals surface area contributed by atoms with Crippen LogP contribution in [0.3, 0.4) is 0 Å². The van der Waals surface area contributed by atoms with Crippen LogP contribution in [0.15, 0.2) is 16.6 Å². The number of hydrogen-bond donors (Lipinski definition) is 1. The van der Waals surface area contributed by atoms with Gasteiger partial charge >= 0.3 is 0 Å². The smallest absolute Gasteiger partial charge is 0.126 e. The molecular formula is C12H15BrN2O. The van der Waals surface area contributed by atoms with Gasteiger partial charge in [0, 0.05) is 23.0 Å². The first-order valence-corrected chi connectivity index (χ1v) is 5.97. The van der Waals surface area contributed by atoms with E-state index in [-0.39, 0.29) is 0 Å². The molecule has 2 N–H and O–H groups in total. The molecule has 0 saturated heterocycles. The lowest BCUT2D eigenvalue weighted by Crippen LogP contribution is -2.05. The molecule has 0 saturated carbocycles. The third kappa shape index (κ3) is 3.51. The van der Waals surface area contributed by atoms with Crippen molar-refractivity contribution in [2.75, 3.05) is 6.61 Å². The number of nitrogens with two attached hydrogens (primary N) is 1. The van der Waals surface area contributed by atoms with Crippen molar-refractivity contribution in [3.8, 4) is 11.8 Å². The summed E-state index contributed by atoms with van der Waals surface area (Å²) in [6.07, 6.45) is 1.27. The van der Waals surface area contributed by atoms with Crippen molar-refractivity contribution in [3.63, 3.8) is 0 Å². The number of nitrogens with zero attached hydrogens (tertiary/aromatic N) is 1. The topological polar surface area (TPSA) is 59.0 Å². The summed E-state index contributed by atoms with van der Waals surface area (Å²) >= 11 is 3.43. The zero-order valence-electron chi connectivity index (χ0n) is 9.29. The van der Waals surface area contributed by atoms with Gasteiger partial charge in [-0.05, 0) is 31.0 Å². The van der Waals surface area contributed by atoms with Crippen LogP contribution in [0, 0.1) is 18.3 Å². The fourth-order valence-electron chi connectivity index (χ4n) is 1.48. The average Bonchev–Trinajstić information content (AvgIpc) is 2.26. The number of nitriles is 1. The van der Waals surface area contributed by atoms with Crippen molar-refractivity contribution < 1.29 is 4.74 Å². The van der Waals surface area contributed by atoms with Gasteiger partial charge in [-0.3, -0.25) is 0 Å². The second kappa shape index (κ2) is 6.51. The number of rotatable bonds is 5. The highest BCUT2D eigenvalue weighted by atomic mass is 79.9. The van der Waals surface area contributed by atoms with Crippen molar-refractivity contribution in [3.05, 3.63) is 27.7 Å². The molecule has 0 atom stereocenters. The van der Waals surface area contributed by atoms with Crippen LogP contribution in [-0.2, 0) is 6.54 Å². The lowest BCUT2D eigenvalue weighted by Gasteiger charge is -2.13. The van der Waals surface area contributed by atoms with E-state index in [4.69, 9.17) is 15.7 Å². The van der Waals surface area contributed by atoms with Gasteiger partial charge in [0.05, 0.1) is 12.7 Å². The molecule has 0 amide bonds. The SMILES string of the molecule is Cc1cc(Br)cc(CN)c1OCCCC#N. The number of ether oxygens (including phenoxy) is 1. The van der Waals surface area contributed by atoms with Gasteiger partial charge in [0.1, 0.15) is 5.75 Å². The lowest BCUT2D eigenvalue weighted by atomic mass is 10.1. The van der Waals surface area contributed by atoms with Crippen molar-refractivity contribution >= 4 is 15.9 Å². The Kier molecular flexibility index (Phi) is 5.30. The van der Waals surface area contributed by atoms with Crippen LogP contribution in [-0.4, -0.2) is 6.61 Å². The molecule has 1 rings (SSSR count). The highest BCUT2D eigenvalue weighted by Gasteiger charge is 2.07. The average molecular weight is 283 g/mol. The Labute approximate surface area is 104 Å². The summed E-state index contributed by atoms with van der Waals surface area (Å²) in [4.78, 5) is 0. The van der Waals surface area contributed by atoms with E-state index in [1.807, 2.05) is 19.1 Å². The number of aryl methyl sites for hydroxylation is 1. The summed E-state index contributed by atoms with van der Waals surface area (Å²) in [6.45, 7) is 3.00. The largest absolute Gasteiger partial charge is 0.493 e. The van der Waals surface area contributed by atoms with E-state index >= 15 is 0 Å². The van der Waals surface area contributed by atoms with Gasteiger partial charge in [-0.1, -0.05) is 15.9 Å². The van der Waals surface area contributed by atoms with E-state index in [0.29, 0.717) is 19.6 Å².